The van der Waals surface area contributed by atoms with E-state index in [9.17, 15) is 31.1 Å². The lowest BCUT2D eigenvalue weighted by Crippen LogP contribution is -2.47. The van der Waals surface area contributed by atoms with Crippen LogP contribution in [0.2, 0.25) is 0 Å². The average molecular weight is 551 g/mol. The number of hydrogen-bond acceptors (Lipinski definition) is 7. The number of carbonyl (C=O) groups is 3. The number of likely N-dealkylation sites (tertiary alicyclic amines) is 1. The van der Waals surface area contributed by atoms with E-state index in [-0.39, 0.29) is 11.3 Å². The van der Waals surface area contributed by atoms with Crippen molar-refractivity contribution in [1.29, 1.82) is 0 Å². The minimum absolute atomic E-state index is 0.233. The van der Waals surface area contributed by atoms with Gasteiger partial charge in [-0.05, 0) is 43.5 Å². The number of halogens is 6. The summed E-state index contributed by atoms with van der Waals surface area (Å²) in [5, 5.41) is 14.2. The molecule has 0 saturated carbocycles. The van der Waals surface area contributed by atoms with E-state index >= 15 is 0 Å². The van der Waals surface area contributed by atoms with E-state index in [0.717, 1.165) is 51.1 Å². The third kappa shape index (κ3) is 8.64. The Bertz CT molecular complexity index is 1060. The fraction of sp³-hybridized carbons (Fsp3) is 0.455. The van der Waals surface area contributed by atoms with Crippen molar-refractivity contribution in [3.8, 4) is 0 Å². The molecule has 0 aliphatic carbocycles. The quantitative estimate of drug-likeness (QED) is 0.551. The van der Waals surface area contributed by atoms with Gasteiger partial charge < -0.3 is 15.1 Å². The van der Waals surface area contributed by atoms with Gasteiger partial charge in [-0.15, -0.1) is 0 Å². The molecule has 2 fully saturated rings. The highest BCUT2D eigenvalue weighted by Gasteiger charge is 2.49. The van der Waals surface area contributed by atoms with Crippen LogP contribution in [0.4, 0.5) is 32.0 Å². The Morgan fingerprint density at radius 2 is 1.42 bits per heavy atom. The summed E-state index contributed by atoms with van der Waals surface area (Å²) < 4.78 is 63.5. The second-order valence-electron chi connectivity index (χ2n) is 8.36. The van der Waals surface area contributed by atoms with Gasteiger partial charge in [0.2, 0.25) is 5.91 Å². The number of rotatable bonds is 3. The van der Waals surface area contributed by atoms with Gasteiger partial charge in [-0.3, -0.25) is 14.7 Å². The topological polar surface area (TPSA) is 137 Å². The minimum atomic E-state index is -5.08. The molecule has 1 amide bonds. The lowest BCUT2D eigenvalue weighted by atomic mass is 9.78. The summed E-state index contributed by atoms with van der Waals surface area (Å²) in [5.74, 6) is -5.28. The van der Waals surface area contributed by atoms with E-state index < -0.39 is 24.3 Å². The minimum Gasteiger partial charge on any atom is -0.475 e. The van der Waals surface area contributed by atoms with Gasteiger partial charge in [0.1, 0.15) is 6.33 Å². The normalized spacial score (nSPS) is 19.7. The number of aliphatic carboxylic acids is 2. The average Bonchev–Trinajstić information content (AvgIpc) is 3.15. The number of aromatic nitrogens is 3. The fourth-order valence-corrected chi connectivity index (χ4v) is 3.98. The van der Waals surface area contributed by atoms with Gasteiger partial charge in [0.25, 0.3) is 0 Å². The first-order chi connectivity index (χ1) is 17.7. The van der Waals surface area contributed by atoms with Crippen LogP contribution >= 0.6 is 0 Å². The maximum absolute atomic E-state index is 13.1. The first kappa shape index (κ1) is 30.4. The van der Waals surface area contributed by atoms with Crippen LogP contribution in [0.3, 0.4) is 0 Å². The third-order valence-corrected chi connectivity index (χ3v) is 5.67. The highest BCUT2D eigenvalue weighted by Crippen LogP contribution is 2.41. The van der Waals surface area contributed by atoms with Crippen molar-refractivity contribution in [3.05, 3.63) is 48.8 Å². The van der Waals surface area contributed by atoms with Crippen molar-refractivity contribution in [3.63, 3.8) is 0 Å². The molecule has 4 heterocycles. The molecule has 2 N–H and O–H groups in total. The standard InChI is InChI=1S/C18H21N5O.2C2HF3O2/c24-17-18(5-9-23(17)16-10-20-14-21-11-16)4-1-8-22(13-18)12-15-2-6-19-7-3-15;2*3-2(4,5)1(6)7/h2-3,6-7,10-11,14H,1,4-5,8-9,12-13H2;2*(H,6,7). The number of hydrogen-bond donors (Lipinski definition) is 2. The summed E-state index contributed by atoms with van der Waals surface area (Å²) in [6.07, 6.45) is 1.38. The fourth-order valence-electron chi connectivity index (χ4n) is 3.98. The number of pyridine rings is 1. The van der Waals surface area contributed by atoms with Crippen LogP contribution in [0.1, 0.15) is 24.8 Å². The van der Waals surface area contributed by atoms with Gasteiger partial charge >= 0.3 is 24.3 Å². The molecule has 2 aromatic heterocycles. The maximum Gasteiger partial charge on any atom is 0.490 e. The molecule has 2 aliphatic rings. The molecular formula is C22H23F6N5O5. The van der Waals surface area contributed by atoms with Crippen LogP contribution < -0.4 is 4.90 Å². The number of amides is 1. The Balaban J connectivity index is 0.000000301. The molecule has 1 atom stereocenters. The number of nitrogens with zero attached hydrogens (tertiary/aromatic N) is 5. The molecule has 2 aliphatic heterocycles. The molecule has 16 heteroatoms. The first-order valence-corrected chi connectivity index (χ1v) is 10.9. The molecule has 2 aromatic rings. The molecule has 10 nitrogen and oxygen atoms in total. The Morgan fingerprint density at radius 3 is 1.92 bits per heavy atom. The summed E-state index contributed by atoms with van der Waals surface area (Å²) in [7, 11) is 0. The van der Waals surface area contributed by atoms with Gasteiger partial charge in [0, 0.05) is 32.0 Å². The SMILES string of the molecule is O=C(O)C(F)(F)F.O=C(O)C(F)(F)F.O=C1N(c2cncnc2)CCC12CCCN(Cc1ccncc1)C2. The second kappa shape index (κ2) is 12.6. The number of carboxylic acids is 2. The highest BCUT2D eigenvalue weighted by atomic mass is 19.4. The number of carbonyl (C=O) groups excluding carboxylic acids is 1. The molecule has 1 spiro atoms. The van der Waals surface area contributed by atoms with Crippen molar-refractivity contribution in [2.45, 2.75) is 38.2 Å². The van der Waals surface area contributed by atoms with Crippen molar-refractivity contribution in [1.82, 2.24) is 19.9 Å². The smallest absolute Gasteiger partial charge is 0.475 e. The Hall–Kier alpha value is -3.82. The third-order valence-electron chi connectivity index (χ3n) is 5.67. The van der Waals surface area contributed by atoms with Crippen LogP contribution in [0.5, 0.6) is 0 Å². The van der Waals surface area contributed by atoms with E-state index in [4.69, 9.17) is 19.8 Å². The Morgan fingerprint density at radius 1 is 0.895 bits per heavy atom. The number of anilines is 1. The van der Waals surface area contributed by atoms with E-state index in [1.54, 1.807) is 12.4 Å². The lowest BCUT2D eigenvalue weighted by molar-refractivity contribution is -0.193. The number of carboxylic acid groups (broad SMARTS) is 2. The summed E-state index contributed by atoms with van der Waals surface area (Å²) in [6, 6.07) is 4.09. The van der Waals surface area contributed by atoms with Gasteiger partial charge in [-0.2, -0.15) is 26.3 Å². The molecule has 0 aromatic carbocycles. The van der Waals surface area contributed by atoms with Crippen LogP contribution in [0, 0.1) is 5.41 Å². The number of piperidine rings is 1. The maximum atomic E-state index is 13.1. The van der Waals surface area contributed by atoms with Crippen LogP contribution in [0.15, 0.2) is 43.2 Å². The largest absolute Gasteiger partial charge is 0.490 e. The van der Waals surface area contributed by atoms with Crippen molar-refractivity contribution < 1.29 is 50.9 Å². The zero-order valence-electron chi connectivity index (χ0n) is 19.6. The second-order valence-corrected chi connectivity index (χ2v) is 8.36. The Labute approximate surface area is 211 Å². The van der Waals surface area contributed by atoms with Gasteiger partial charge in [-0.1, -0.05) is 0 Å². The van der Waals surface area contributed by atoms with Crippen molar-refractivity contribution in [2.75, 3.05) is 24.5 Å². The summed E-state index contributed by atoms with van der Waals surface area (Å²) in [4.78, 5) is 47.3. The highest BCUT2D eigenvalue weighted by molar-refractivity contribution is 5.99. The predicted octanol–water partition coefficient (Wildman–Crippen LogP) is 3.16. The van der Waals surface area contributed by atoms with Gasteiger partial charge in [-0.25, -0.2) is 19.6 Å². The zero-order chi connectivity index (χ0) is 28.6. The van der Waals surface area contributed by atoms with E-state index in [0.29, 0.717) is 0 Å². The van der Waals surface area contributed by atoms with E-state index in [1.165, 1.54) is 11.9 Å². The molecule has 2 saturated heterocycles. The van der Waals surface area contributed by atoms with E-state index in [2.05, 4.69) is 19.9 Å². The van der Waals surface area contributed by atoms with Crippen LogP contribution in [-0.2, 0) is 20.9 Å². The molecule has 0 radical (unpaired) electrons. The molecule has 1 unspecified atom stereocenters. The monoisotopic (exact) mass is 551 g/mol. The van der Waals surface area contributed by atoms with Gasteiger partial charge in [0.05, 0.1) is 23.5 Å². The van der Waals surface area contributed by atoms with Crippen molar-refractivity contribution >= 4 is 23.5 Å². The van der Waals surface area contributed by atoms with Crippen molar-refractivity contribution in [2.24, 2.45) is 5.41 Å². The first-order valence-electron chi connectivity index (χ1n) is 10.9. The lowest BCUT2D eigenvalue weighted by Gasteiger charge is -2.39. The summed E-state index contributed by atoms with van der Waals surface area (Å²) in [5.41, 5.74) is 1.81. The predicted molar refractivity (Wildman–Crippen MR) is 118 cm³/mol. The Kier molecular flexibility index (Phi) is 10.1. The molecular weight excluding hydrogens is 528 g/mol. The van der Waals surface area contributed by atoms with Crippen LogP contribution in [0.25, 0.3) is 0 Å². The van der Waals surface area contributed by atoms with E-state index in [1.807, 2.05) is 29.4 Å². The molecule has 0 bridgehead atoms. The summed E-state index contributed by atoms with van der Waals surface area (Å²) >= 11 is 0. The van der Waals surface area contributed by atoms with Gasteiger partial charge in [0.15, 0.2) is 0 Å². The number of alkyl halides is 6. The zero-order valence-corrected chi connectivity index (χ0v) is 19.6. The molecule has 4 rings (SSSR count). The molecule has 208 valence electrons. The molecule has 38 heavy (non-hydrogen) atoms. The summed E-state index contributed by atoms with van der Waals surface area (Å²) in [6.45, 7) is 3.52. The van der Waals surface area contributed by atoms with Crippen LogP contribution in [-0.4, -0.2) is 79.9 Å².